The predicted molar refractivity (Wildman–Crippen MR) is 68.2 cm³/mol. The van der Waals surface area contributed by atoms with Crippen LogP contribution in [0.2, 0.25) is 0 Å². The second-order valence-electron chi connectivity index (χ2n) is 4.27. The summed E-state index contributed by atoms with van der Waals surface area (Å²) in [6.07, 6.45) is 1.82. The lowest BCUT2D eigenvalue weighted by molar-refractivity contribution is 0.169. The van der Waals surface area contributed by atoms with Crippen molar-refractivity contribution >= 4 is 27.5 Å². The van der Waals surface area contributed by atoms with Crippen LogP contribution >= 0.6 is 27.5 Å². The van der Waals surface area contributed by atoms with Gasteiger partial charge in [0.25, 0.3) is 0 Å². The first-order chi connectivity index (χ1) is 6.95. The quantitative estimate of drug-likeness (QED) is 0.791. The number of aromatic nitrogens is 1. The van der Waals surface area contributed by atoms with E-state index >= 15 is 0 Å². The summed E-state index contributed by atoms with van der Waals surface area (Å²) in [6.45, 7) is 5.06. The first-order valence-corrected chi connectivity index (χ1v) is 6.16. The molecule has 1 aromatic rings. The Bertz CT molecular complexity index is 311. The normalized spacial score (nSPS) is 12.1. The molecule has 84 valence electrons. The molecule has 0 aliphatic heterocycles. The van der Waals surface area contributed by atoms with Crippen molar-refractivity contribution in [3.05, 3.63) is 28.5 Å². The fraction of sp³-hybridized carbons (Fsp3) is 0.545. The first kappa shape index (κ1) is 12.9. The van der Waals surface area contributed by atoms with Crippen LogP contribution in [0.25, 0.3) is 0 Å². The van der Waals surface area contributed by atoms with E-state index in [0.29, 0.717) is 5.88 Å². The van der Waals surface area contributed by atoms with Crippen LogP contribution in [0, 0.1) is 0 Å². The molecule has 0 N–H and O–H groups in total. The van der Waals surface area contributed by atoms with Gasteiger partial charge in [-0.05, 0) is 49.0 Å². The molecule has 0 saturated heterocycles. The van der Waals surface area contributed by atoms with Crippen LogP contribution in [0.15, 0.2) is 22.8 Å². The first-order valence-electron chi connectivity index (χ1n) is 4.83. The molecule has 0 amide bonds. The van der Waals surface area contributed by atoms with Crippen molar-refractivity contribution in [1.29, 1.82) is 0 Å². The summed E-state index contributed by atoms with van der Waals surface area (Å²) in [5.74, 6) is 0.611. The highest BCUT2D eigenvalue weighted by atomic mass is 79.9. The highest BCUT2D eigenvalue weighted by molar-refractivity contribution is 9.10. The van der Waals surface area contributed by atoms with Gasteiger partial charge in [-0.15, -0.1) is 11.6 Å². The van der Waals surface area contributed by atoms with E-state index in [1.165, 1.54) is 0 Å². The van der Waals surface area contributed by atoms with Gasteiger partial charge in [0, 0.05) is 28.6 Å². The third-order valence-corrected chi connectivity index (χ3v) is 3.67. The van der Waals surface area contributed by atoms with Gasteiger partial charge < -0.3 is 0 Å². The van der Waals surface area contributed by atoms with Crippen LogP contribution in [0.3, 0.4) is 0 Å². The molecule has 15 heavy (non-hydrogen) atoms. The minimum atomic E-state index is -0.00366. The summed E-state index contributed by atoms with van der Waals surface area (Å²) in [5.41, 5.74) is 1.05. The van der Waals surface area contributed by atoms with Crippen molar-refractivity contribution in [3.63, 3.8) is 0 Å². The van der Waals surface area contributed by atoms with Crippen molar-refractivity contribution < 1.29 is 0 Å². The molecule has 0 fully saturated rings. The van der Waals surface area contributed by atoms with E-state index in [9.17, 15) is 0 Å². The van der Waals surface area contributed by atoms with Gasteiger partial charge >= 0.3 is 0 Å². The Morgan fingerprint density at radius 3 is 2.60 bits per heavy atom. The monoisotopic (exact) mass is 290 g/mol. The number of hydrogen-bond acceptors (Lipinski definition) is 2. The largest absolute Gasteiger partial charge is 0.294 e. The van der Waals surface area contributed by atoms with Crippen LogP contribution in [-0.4, -0.2) is 28.4 Å². The fourth-order valence-corrected chi connectivity index (χ4v) is 1.50. The lowest BCUT2D eigenvalue weighted by Crippen LogP contribution is -2.42. The smallest absolute Gasteiger partial charge is 0.0544 e. The summed E-state index contributed by atoms with van der Waals surface area (Å²) in [7, 11) is 2.06. The summed E-state index contributed by atoms with van der Waals surface area (Å²) < 4.78 is 1.01. The fourth-order valence-electron chi connectivity index (χ4n) is 1.06. The molecule has 1 rings (SSSR count). The molecule has 0 aliphatic carbocycles. The second-order valence-corrected chi connectivity index (χ2v) is 5.45. The minimum Gasteiger partial charge on any atom is -0.294 e. The molecule has 1 heterocycles. The lowest BCUT2D eigenvalue weighted by Gasteiger charge is -2.33. The maximum atomic E-state index is 5.91. The van der Waals surface area contributed by atoms with E-state index in [1.54, 1.807) is 0 Å². The molecule has 0 radical (unpaired) electrons. The Balaban J connectivity index is 2.66. The number of alkyl halides is 1. The molecule has 0 saturated carbocycles. The molecule has 0 atom stereocenters. The minimum absolute atomic E-state index is 0.00366. The van der Waals surface area contributed by atoms with Crippen molar-refractivity contribution in [2.75, 3.05) is 12.9 Å². The van der Waals surface area contributed by atoms with Gasteiger partial charge in [0.15, 0.2) is 0 Å². The Kier molecular flexibility index (Phi) is 4.56. The van der Waals surface area contributed by atoms with E-state index in [2.05, 4.69) is 46.7 Å². The zero-order valence-corrected chi connectivity index (χ0v) is 11.6. The summed E-state index contributed by atoms with van der Waals surface area (Å²) in [6, 6.07) is 4.02. The maximum absolute atomic E-state index is 5.91. The zero-order chi connectivity index (χ0) is 11.5. The molecular formula is C11H16BrClN2. The highest BCUT2D eigenvalue weighted by Gasteiger charge is 2.22. The van der Waals surface area contributed by atoms with Crippen LogP contribution in [-0.2, 0) is 6.54 Å². The van der Waals surface area contributed by atoms with Crippen LogP contribution in [0.1, 0.15) is 19.5 Å². The molecule has 0 spiro atoms. The maximum Gasteiger partial charge on any atom is 0.0544 e. The Morgan fingerprint density at radius 1 is 1.47 bits per heavy atom. The van der Waals surface area contributed by atoms with Crippen LogP contribution in [0.4, 0.5) is 0 Å². The number of halogens is 2. The van der Waals surface area contributed by atoms with Crippen molar-refractivity contribution in [1.82, 2.24) is 9.88 Å². The Labute approximate surface area is 105 Å². The molecule has 4 heteroatoms. The summed E-state index contributed by atoms with van der Waals surface area (Å²) >= 11 is 9.28. The topological polar surface area (TPSA) is 16.1 Å². The third-order valence-electron chi connectivity index (χ3n) is 2.55. The average Bonchev–Trinajstić information content (AvgIpc) is 2.21. The summed E-state index contributed by atoms with van der Waals surface area (Å²) in [5, 5.41) is 0. The van der Waals surface area contributed by atoms with E-state index in [0.717, 1.165) is 16.7 Å². The van der Waals surface area contributed by atoms with E-state index in [-0.39, 0.29) is 5.54 Å². The molecule has 0 aromatic carbocycles. The number of hydrogen-bond donors (Lipinski definition) is 0. The molecule has 1 aromatic heterocycles. The van der Waals surface area contributed by atoms with Crippen molar-refractivity contribution in [2.45, 2.75) is 25.9 Å². The van der Waals surface area contributed by atoms with Crippen molar-refractivity contribution in [3.8, 4) is 0 Å². The summed E-state index contributed by atoms with van der Waals surface area (Å²) in [4.78, 5) is 6.54. The molecular weight excluding hydrogens is 275 g/mol. The van der Waals surface area contributed by atoms with E-state index < -0.39 is 0 Å². The van der Waals surface area contributed by atoms with Gasteiger partial charge in [0.05, 0.1) is 5.69 Å². The predicted octanol–water partition coefficient (Wildman–Crippen LogP) is 3.29. The standard InChI is InChI=1S/C11H16BrClN2/c1-11(2,8-13)15(3)7-10-5-4-9(12)6-14-10/h4-6H,7-8H2,1-3H3. The SMILES string of the molecule is CN(Cc1ccc(Br)cn1)C(C)(C)CCl. The molecule has 0 aliphatic rings. The van der Waals surface area contributed by atoms with Gasteiger partial charge in [-0.25, -0.2) is 0 Å². The highest BCUT2D eigenvalue weighted by Crippen LogP contribution is 2.17. The molecule has 2 nitrogen and oxygen atoms in total. The van der Waals surface area contributed by atoms with Gasteiger partial charge in [-0.2, -0.15) is 0 Å². The Morgan fingerprint density at radius 2 is 2.13 bits per heavy atom. The van der Waals surface area contributed by atoms with E-state index in [1.807, 2.05) is 18.3 Å². The van der Waals surface area contributed by atoms with Crippen molar-refractivity contribution in [2.24, 2.45) is 0 Å². The van der Waals surface area contributed by atoms with Gasteiger partial charge in [0.1, 0.15) is 0 Å². The number of nitrogens with zero attached hydrogens (tertiary/aromatic N) is 2. The number of pyridine rings is 1. The van der Waals surface area contributed by atoms with Gasteiger partial charge in [-0.1, -0.05) is 0 Å². The Hall–Kier alpha value is -0.120. The van der Waals surface area contributed by atoms with E-state index in [4.69, 9.17) is 11.6 Å². The van der Waals surface area contributed by atoms with Crippen LogP contribution in [0.5, 0.6) is 0 Å². The zero-order valence-electron chi connectivity index (χ0n) is 9.30. The van der Waals surface area contributed by atoms with Gasteiger partial charge in [0.2, 0.25) is 0 Å². The van der Waals surface area contributed by atoms with Crippen LogP contribution < -0.4 is 0 Å². The third kappa shape index (κ3) is 3.74. The van der Waals surface area contributed by atoms with Gasteiger partial charge in [-0.3, -0.25) is 9.88 Å². The number of rotatable bonds is 4. The lowest BCUT2D eigenvalue weighted by atomic mass is 10.1. The molecule has 0 unspecified atom stereocenters. The second kappa shape index (κ2) is 5.28. The molecule has 0 bridgehead atoms. The average molecular weight is 292 g/mol.